The second-order valence-corrected chi connectivity index (χ2v) is 7.90. The molecule has 0 heterocycles. The van der Waals surface area contributed by atoms with Gasteiger partial charge in [0.25, 0.3) is 0 Å². The van der Waals surface area contributed by atoms with Crippen LogP contribution in [0, 0.1) is 0 Å². The molecule has 0 radical (unpaired) electrons. The van der Waals surface area contributed by atoms with Gasteiger partial charge in [-0.25, -0.2) is 8.42 Å². The van der Waals surface area contributed by atoms with Crippen molar-refractivity contribution in [1.29, 1.82) is 0 Å². The smallest absolute Gasteiger partial charge is 0.243 e. The molecule has 0 aliphatic rings. The van der Waals surface area contributed by atoms with Gasteiger partial charge >= 0.3 is 0 Å². The number of anilines is 2. The second-order valence-electron chi connectivity index (χ2n) is 5.53. The van der Waals surface area contributed by atoms with Crippen LogP contribution in [0.4, 0.5) is 11.4 Å². The van der Waals surface area contributed by atoms with Gasteiger partial charge in [0.1, 0.15) is 0 Å². The van der Waals surface area contributed by atoms with E-state index in [-0.39, 0.29) is 17.3 Å². The summed E-state index contributed by atoms with van der Waals surface area (Å²) in [7, 11) is -3.48. The first-order valence-electron chi connectivity index (χ1n) is 8.26. The highest BCUT2D eigenvalue weighted by atomic mass is 35.5. The standard InChI is InChI=1S/C18H22ClN3O3S/c1-3-22(4-2)26(24,25)17-10-8-15(9-11-17)20-13-18(23)21-16-7-5-6-14(19)12-16/h5-12,20H,3-4,13H2,1-2H3,(H,21,23). The number of sulfonamides is 1. The van der Waals surface area contributed by atoms with E-state index in [1.165, 1.54) is 16.4 Å². The van der Waals surface area contributed by atoms with Crippen LogP contribution in [0.2, 0.25) is 5.02 Å². The SMILES string of the molecule is CCN(CC)S(=O)(=O)c1ccc(NCC(=O)Nc2cccc(Cl)c2)cc1. The van der Waals surface area contributed by atoms with Crippen molar-refractivity contribution in [3.63, 3.8) is 0 Å². The fraction of sp³-hybridized carbons (Fsp3) is 0.278. The Morgan fingerprint density at radius 1 is 1.04 bits per heavy atom. The quantitative estimate of drug-likeness (QED) is 0.717. The van der Waals surface area contributed by atoms with Gasteiger partial charge in [0, 0.05) is 29.5 Å². The molecule has 0 spiro atoms. The van der Waals surface area contributed by atoms with Crippen LogP contribution in [-0.4, -0.2) is 38.3 Å². The number of hydrogen-bond acceptors (Lipinski definition) is 4. The van der Waals surface area contributed by atoms with Crippen molar-refractivity contribution >= 4 is 38.9 Å². The van der Waals surface area contributed by atoms with Crippen LogP contribution in [-0.2, 0) is 14.8 Å². The highest BCUT2D eigenvalue weighted by Crippen LogP contribution is 2.18. The van der Waals surface area contributed by atoms with E-state index < -0.39 is 10.0 Å². The first-order chi connectivity index (χ1) is 12.4. The minimum Gasteiger partial charge on any atom is -0.376 e. The van der Waals surface area contributed by atoms with E-state index in [2.05, 4.69) is 10.6 Å². The van der Waals surface area contributed by atoms with Gasteiger partial charge in [-0.3, -0.25) is 4.79 Å². The van der Waals surface area contributed by atoms with Gasteiger partial charge in [0.2, 0.25) is 15.9 Å². The maximum absolute atomic E-state index is 12.4. The molecule has 8 heteroatoms. The van der Waals surface area contributed by atoms with Crippen molar-refractivity contribution in [2.75, 3.05) is 30.3 Å². The van der Waals surface area contributed by atoms with Crippen molar-refractivity contribution in [2.24, 2.45) is 0 Å². The Hall–Kier alpha value is -2.09. The van der Waals surface area contributed by atoms with Crippen LogP contribution >= 0.6 is 11.6 Å². The summed E-state index contributed by atoms with van der Waals surface area (Å²) in [6, 6.07) is 13.2. The van der Waals surface area contributed by atoms with Crippen molar-refractivity contribution < 1.29 is 13.2 Å². The maximum Gasteiger partial charge on any atom is 0.243 e. The van der Waals surface area contributed by atoms with Crippen molar-refractivity contribution in [2.45, 2.75) is 18.7 Å². The largest absolute Gasteiger partial charge is 0.376 e. The number of carbonyl (C=O) groups excluding carboxylic acids is 1. The van der Waals surface area contributed by atoms with E-state index in [9.17, 15) is 13.2 Å². The molecule has 2 aromatic carbocycles. The molecule has 0 fully saturated rings. The highest BCUT2D eigenvalue weighted by Gasteiger charge is 2.21. The van der Waals surface area contributed by atoms with Crippen LogP contribution < -0.4 is 10.6 Å². The van der Waals surface area contributed by atoms with E-state index >= 15 is 0 Å². The third-order valence-electron chi connectivity index (χ3n) is 3.76. The predicted octanol–water partition coefficient (Wildman–Crippen LogP) is 3.42. The van der Waals surface area contributed by atoms with Crippen LogP contribution in [0.5, 0.6) is 0 Å². The minimum absolute atomic E-state index is 0.0503. The lowest BCUT2D eigenvalue weighted by molar-refractivity contribution is -0.114. The summed E-state index contributed by atoms with van der Waals surface area (Å²) in [6.45, 7) is 4.49. The summed E-state index contributed by atoms with van der Waals surface area (Å²) >= 11 is 5.88. The Morgan fingerprint density at radius 2 is 1.69 bits per heavy atom. The lowest BCUT2D eigenvalue weighted by atomic mass is 10.3. The van der Waals surface area contributed by atoms with Gasteiger partial charge in [-0.05, 0) is 42.5 Å². The first-order valence-corrected chi connectivity index (χ1v) is 10.1. The Labute approximate surface area is 159 Å². The van der Waals surface area contributed by atoms with Gasteiger partial charge in [0.05, 0.1) is 11.4 Å². The Kier molecular flexibility index (Phi) is 7.02. The molecular formula is C18H22ClN3O3S. The van der Waals surface area contributed by atoms with E-state index in [4.69, 9.17) is 11.6 Å². The number of rotatable bonds is 8. The van der Waals surface area contributed by atoms with Gasteiger partial charge < -0.3 is 10.6 Å². The second kappa shape index (κ2) is 9.02. The summed E-state index contributed by atoms with van der Waals surface area (Å²) in [6.07, 6.45) is 0. The fourth-order valence-corrected chi connectivity index (χ4v) is 4.06. The molecule has 140 valence electrons. The minimum atomic E-state index is -3.48. The molecule has 6 nitrogen and oxygen atoms in total. The molecule has 0 unspecified atom stereocenters. The third-order valence-corrected chi connectivity index (χ3v) is 6.06. The molecule has 2 N–H and O–H groups in total. The van der Waals surface area contributed by atoms with Crippen LogP contribution in [0.15, 0.2) is 53.4 Å². The molecule has 0 aromatic heterocycles. The van der Waals surface area contributed by atoms with Gasteiger partial charge in [-0.1, -0.05) is 31.5 Å². The normalized spacial score (nSPS) is 11.4. The molecule has 26 heavy (non-hydrogen) atoms. The van der Waals surface area contributed by atoms with Crippen LogP contribution in [0.1, 0.15) is 13.8 Å². The third kappa shape index (κ3) is 5.20. The molecule has 1 amide bonds. The Morgan fingerprint density at radius 3 is 2.27 bits per heavy atom. The molecule has 0 aliphatic carbocycles. The Balaban J connectivity index is 1.96. The average molecular weight is 396 g/mol. The zero-order chi connectivity index (χ0) is 19.2. The molecule has 0 atom stereocenters. The van der Waals surface area contributed by atoms with Gasteiger partial charge in [0.15, 0.2) is 0 Å². The number of benzene rings is 2. The molecule has 0 saturated carbocycles. The molecule has 0 aliphatic heterocycles. The van der Waals surface area contributed by atoms with Crippen molar-refractivity contribution in [3.05, 3.63) is 53.6 Å². The number of nitrogens with one attached hydrogen (secondary N) is 2. The van der Waals surface area contributed by atoms with Gasteiger partial charge in [-0.2, -0.15) is 4.31 Å². The summed E-state index contributed by atoms with van der Waals surface area (Å²) < 4.78 is 26.3. The monoisotopic (exact) mass is 395 g/mol. The van der Waals surface area contributed by atoms with E-state index in [0.717, 1.165) is 0 Å². The lowest BCUT2D eigenvalue weighted by Gasteiger charge is -2.18. The molecule has 2 aromatic rings. The number of nitrogens with zero attached hydrogens (tertiary/aromatic N) is 1. The zero-order valence-corrected chi connectivity index (χ0v) is 16.3. The summed E-state index contributed by atoms with van der Waals surface area (Å²) in [5, 5.41) is 6.23. The van der Waals surface area contributed by atoms with Crippen LogP contribution in [0.25, 0.3) is 0 Å². The van der Waals surface area contributed by atoms with Crippen LogP contribution in [0.3, 0.4) is 0 Å². The first kappa shape index (κ1) is 20.2. The number of halogens is 1. The summed E-state index contributed by atoms with van der Waals surface area (Å²) in [5.74, 6) is -0.230. The maximum atomic E-state index is 12.4. The number of hydrogen-bond donors (Lipinski definition) is 2. The molecule has 0 bridgehead atoms. The van der Waals surface area contributed by atoms with Crippen molar-refractivity contribution in [3.8, 4) is 0 Å². The average Bonchev–Trinajstić information content (AvgIpc) is 2.61. The number of amides is 1. The fourth-order valence-electron chi connectivity index (χ4n) is 2.41. The van der Waals surface area contributed by atoms with E-state index in [1.807, 2.05) is 0 Å². The summed E-state index contributed by atoms with van der Waals surface area (Å²) in [5.41, 5.74) is 1.27. The van der Waals surface area contributed by atoms with Crippen molar-refractivity contribution in [1.82, 2.24) is 4.31 Å². The highest BCUT2D eigenvalue weighted by molar-refractivity contribution is 7.89. The van der Waals surface area contributed by atoms with E-state index in [0.29, 0.717) is 29.5 Å². The zero-order valence-electron chi connectivity index (χ0n) is 14.7. The summed E-state index contributed by atoms with van der Waals surface area (Å²) in [4.78, 5) is 12.2. The topological polar surface area (TPSA) is 78.5 Å². The van der Waals surface area contributed by atoms with Gasteiger partial charge in [-0.15, -0.1) is 0 Å². The molecular weight excluding hydrogens is 374 g/mol. The molecule has 0 saturated heterocycles. The predicted molar refractivity (Wildman–Crippen MR) is 105 cm³/mol. The lowest BCUT2D eigenvalue weighted by Crippen LogP contribution is -2.30. The number of carbonyl (C=O) groups is 1. The van der Waals surface area contributed by atoms with E-state index in [1.54, 1.807) is 50.2 Å². The Bertz CT molecular complexity index is 850. The molecule has 2 rings (SSSR count).